The summed E-state index contributed by atoms with van der Waals surface area (Å²) in [5, 5.41) is 22.0. The van der Waals surface area contributed by atoms with E-state index in [0.717, 1.165) is 27.8 Å². The van der Waals surface area contributed by atoms with Crippen molar-refractivity contribution in [2.45, 2.75) is 38.3 Å². The van der Waals surface area contributed by atoms with Crippen LogP contribution in [0, 0.1) is 0 Å². The SMILES string of the molecule is COc1cc2c(cc1-c1cc(Cl)c(Br)c(Cl)c1)-c1n[nH]c(C(=O)[C@@H](O)CN3CCNC(=O)C3(C)C)c1CC2. The first-order valence-corrected chi connectivity index (χ1v) is 13.8. The molecule has 0 unspecified atom stereocenters. The number of nitrogens with one attached hydrogen (secondary N) is 2. The maximum Gasteiger partial charge on any atom is 0.240 e. The molecule has 1 atom stereocenters. The quantitative estimate of drug-likeness (QED) is 0.273. The highest BCUT2D eigenvalue weighted by molar-refractivity contribution is 9.10. The number of fused-ring (bicyclic) bond motifs is 3. The third-order valence-electron chi connectivity index (χ3n) is 7.44. The lowest BCUT2D eigenvalue weighted by Gasteiger charge is -2.41. The monoisotopic (exact) mass is 620 g/mol. The molecule has 1 amide bonds. The average Bonchev–Trinajstić information content (AvgIpc) is 3.33. The Labute approximate surface area is 238 Å². The number of ether oxygens (including phenoxy) is 1. The Hall–Kier alpha value is -2.43. The second kappa shape index (κ2) is 10.3. The molecule has 3 aromatic rings. The van der Waals surface area contributed by atoms with E-state index in [1.54, 1.807) is 21.0 Å². The second-order valence-corrected chi connectivity index (χ2v) is 11.6. The molecule has 0 saturated carbocycles. The standard InChI is InChI=1S/C27H27BrCl2N4O4/c1-27(2)26(37)31-6-7-34(27)12-20(35)25(36)24-15-5-4-13-10-21(38-3)16(11-17(13)23(15)32-33-24)14-8-18(29)22(28)19(30)9-14/h8-11,20,35H,4-7,12H2,1-3H3,(H,31,37)(H,32,33)/t20-/m0/s1. The van der Waals surface area contributed by atoms with Gasteiger partial charge in [0, 0.05) is 36.3 Å². The first-order valence-electron chi connectivity index (χ1n) is 12.2. The number of β-amino-alcohol motifs (C(OH)–C–C–N with tert-alkyl or cyclic N) is 1. The van der Waals surface area contributed by atoms with E-state index in [4.69, 9.17) is 27.9 Å². The first kappa shape index (κ1) is 27.1. The number of benzene rings is 2. The molecule has 1 aliphatic heterocycles. The summed E-state index contributed by atoms with van der Waals surface area (Å²) >= 11 is 16.1. The minimum Gasteiger partial charge on any atom is -0.496 e. The number of carbonyl (C=O) groups excluding carboxylic acids is 2. The summed E-state index contributed by atoms with van der Waals surface area (Å²) in [5.41, 5.74) is 4.39. The number of Topliss-reactive ketones (excluding diaryl/α,β-unsaturated/α-hetero) is 1. The number of carbonyl (C=O) groups is 2. The molecule has 1 saturated heterocycles. The molecule has 2 aliphatic rings. The number of aliphatic hydroxyl groups is 1. The predicted octanol–water partition coefficient (Wildman–Crippen LogP) is 4.67. The Balaban J connectivity index is 1.48. The summed E-state index contributed by atoms with van der Waals surface area (Å²) in [4.78, 5) is 27.5. The minimum atomic E-state index is -1.30. The summed E-state index contributed by atoms with van der Waals surface area (Å²) in [6.07, 6.45) is -0.0387. The van der Waals surface area contributed by atoms with Crippen molar-refractivity contribution in [3.05, 3.63) is 55.6 Å². The maximum atomic E-state index is 13.3. The predicted molar refractivity (Wildman–Crippen MR) is 150 cm³/mol. The molecule has 200 valence electrons. The molecule has 11 heteroatoms. The minimum absolute atomic E-state index is 0.0517. The molecule has 0 spiro atoms. The molecule has 0 bridgehead atoms. The van der Waals surface area contributed by atoms with Gasteiger partial charge in [-0.25, -0.2) is 0 Å². The van der Waals surface area contributed by atoms with Gasteiger partial charge >= 0.3 is 0 Å². The number of hydrogen-bond donors (Lipinski definition) is 3. The van der Waals surface area contributed by atoms with Crippen LogP contribution in [0.1, 0.15) is 35.5 Å². The highest BCUT2D eigenvalue weighted by atomic mass is 79.9. The van der Waals surface area contributed by atoms with Crippen LogP contribution in [0.25, 0.3) is 22.4 Å². The fraction of sp³-hybridized carbons (Fsp3) is 0.370. The van der Waals surface area contributed by atoms with Crippen LogP contribution in [-0.2, 0) is 17.6 Å². The number of nitrogens with zero attached hydrogens (tertiary/aromatic N) is 2. The van der Waals surface area contributed by atoms with E-state index < -0.39 is 17.4 Å². The van der Waals surface area contributed by atoms with Gasteiger partial charge in [-0.3, -0.25) is 19.6 Å². The largest absolute Gasteiger partial charge is 0.496 e. The number of amides is 1. The van der Waals surface area contributed by atoms with Crippen LogP contribution in [0.5, 0.6) is 5.75 Å². The van der Waals surface area contributed by atoms with Gasteiger partial charge in [0.25, 0.3) is 0 Å². The van der Waals surface area contributed by atoms with E-state index in [0.29, 0.717) is 57.6 Å². The second-order valence-electron chi connectivity index (χ2n) is 10.0. The fourth-order valence-electron chi connectivity index (χ4n) is 5.17. The number of H-pyrrole nitrogens is 1. The van der Waals surface area contributed by atoms with Gasteiger partial charge < -0.3 is 15.2 Å². The van der Waals surface area contributed by atoms with E-state index in [-0.39, 0.29) is 12.5 Å². The van der Waals surface area contributed by atoms with Crippen LogP contribution in [0.3, 0.4) is 0 Å². The lowest BCUT2D eigenvalue weighted by molar-refractivity contribution is -0.135. The third-order valence-corrected chi connectivity index (χ3v) is 9.35. The Morgan fingerprint density at radius 2 is 1.92 bits per heavy atom. The van der Waals surface area contributed by atoms with E-state index in [2.05, 4.69) is 31.4 Å². The summed E-state index contributed by atoms with van der Waals surface area (Å²) in [5.74, 6) is 0.111. The number of halogens is 3. The maximum absolute atomic E-state index is 13.3. The van der Waals surface area contributed by atoms with Gasteiger partial charge in [0.2, 0.25) is 11.7 Å². The van der Waals surface area contributed by atoms with Crippen LogP contribution in [0.2, 0.25) is 10.0 Å². The van der Waals surface area contributed by atoms with Crippen LogP contribution in [0.4, 0.5) is 0 Å². The number of rotatable bonds is 6. The van der Waals surface area contributed by atoms with Gasteiger partial charge in [-0.1, -0.05) is 23.2 Å². The Bertz CT molecular complexity index is 1430. The van der Waals surface area contributed by atoms with Gasteiger partial charge in [0.15, 0.2) is 0 Å². The Morgan fingerprint density at radius 1 is 1.21 bits per heavy atom. The molecule has 2 heterocycles. The highest BCUT2D eigenvalue weighted by Gasteiger charge is 2.40. The molecule has 5 rings (SSSR count). The lowest BCUT2D eigenvalue weighted by Crippen LogP contribution is -2.63. The van der Waals surface area contributed by atoms with Gasteiger partial charge in [0.05, 0.1) is 32.9 Å². The van der Waals surface area contributed by atoms with Crippen molar-refractivity contribution in [1.29, 1.82) is 0 Å². The van der Waals surface area contributed by atoms with Gasteiger partial charge in [-0.2, -0.15) is 5.10 Å². The van der Waals surface area contributed by atoms with E-state index >= 15 is 0 Å². The molecule has 1 aliphatic carbocycles. The van der Waals surface area contributed by atoms with Gasteiger partial charge in [-0.15, -0.1) is 0 Å². The molecule has 1 fully saturated rings. The van der Waals surface area contributed by atoms with E-state index in [9.17, 15) is 14.7 Å². The molecule has 2 aromatic carbocycles. The van der Waals surface area contributed by atoms with Crippen molar-refractivity contribution < 1.29 is 19.4 Å². The summed E-state index contributed by atoms with van der Waals surface area (Å²) in [6.45, 7) is 4.64. The Morgan fingerprint density at radius 3 is 2.61 bits per heavy atom. The topological polar surface area (TPSA) is 108 Å². The number of methoxy groups -OCH3 is 1. The summed E-state index contributed by atoms with van der Waals surface area (Å²) in [7, 11) is 1.61. The number of aryl methyl sites for hydroxylation is 1. The van der Waals surface area contributed by atoms with Crippen molar-refractivity contribution in [2.75, 3.05) is 26.7 Å². The Kier molecular flexibility index (Phi) is 7.34. The molecule has 8 nitrogen and oxygen atoms in total. The van der Waals surface area contributed by atoms with Crippen molar-refractivity contribution in [1.82, 2.24) is 20.4 Å². The van der Waals surface area contributed by atoms with Crippen molar-refractivity contribution in [3.8, 4) is 28.1 Å². The number of aliphatic hydroxyl groups excluding tert-OH is 1. The smallest absolute Gasteiger partial charge is 0.240 e. The third kappa shape index (κ3) is 4.64. The zero-order chi connectivity index (χ0) is 27.4. The molecular formula is C27H27BrCl2N4O4. The number of piperazine rings is 1. The molecular weight excluding hydrogens is 595 g/mol. The fourth-order valence-corrected chi connectivity index (χ4v) is 5.89. The summed E-state index contributed by atoms with van der Waals surface area (Å²) in [6, 6.07) is 7.57. The summed E-state index contributed by atoms with van der Waals surface area (Å²) < 4.78 is 6.31. The average molecular weight is 622 g/mol. The van der Waals surface area contributed by atoms with Gasteiger partial charge in [0.1, 0.15) is 17.5 Å². The van der Waals surface area contributed by atoms with Gasteiger partial charge in [-0.05, 0) is 78.0 Å². The normalized spacial score (nSPS) is 17.4. The molecule has 1 aromatic heterocycles. The number of aromatic amines is 1. The van der Waals surface area contributed by atoms with E-state index in [1.165, 1.54) is 0 Å². The first-order chi connectivity index (χ1) is 18.0. The molecule has 0 radical (unpaired) electrons. The van der Waals surface area contributed by atoms with Crippen LogP contribution in [-0.4, -0.2) is 70.3 Å². The van der Waals surface area contributed by atoms with Crippen molar-refractivity contribution >= 4 is 50.8 Å². The molecule has 38 heavy (non-hydrogen) atoms. The van der Waals surface area contributed by atoms with Crippen molar-refractivity contribution in [2.24, 2.45) is 0 Å². The lowest BCUT2D eigenvalue weighted by atomic mass is 9.85. The number of ketones is 1. The van der Waals surface area contributed by atoms with Crippen LogP contribution >= 0.6 is 39.1 Å². The molecule has 3 N–H and O–H groups in total. The zero-order valence-electron chi connectivity index (χ0n) is 21.1. The van der Waals surface area contributed by atoms with E-state index in [1.807, 2.05) is 29.2 Å². The highest BCUT2D eigenvalue weighted by Crippen LogP contribution is 2.43. The van der Waals surface area contributed by atoms with Crippen LogP contribution in [0.15, 0.2) is 28.7 Å². The number of hydrogen-bond acceptors (Lipinski definition) is 6. The van der Waals surface area contributed by atoms with Crippen LogP contribution < -0.4 is 10.1 Å². The van der Waals surface area contributed by atoms with Crippen molar-refractivity contribution in [3.63, 3.8) is 0 Å². The zero-order valence-corrected chi connectivity index (χ0v) is 24.2. The number of aromatic nitrogens is 2.